The van der Waals surface area contributed by atoms with Gasteiger partial charge in [-0.15, -0.1) is 0 Å². The molecule has 0 spiro atoms. The summed E-state index contributed by atoms with van der Waals surface area (Å²) >= 11 is -2.30. The smallest absolute Gasteiger partial charge is 1.00 e. The molecule has 0 unspecified atom stereocenters. The third-order valence-corrected chi connectivity index (χ3v) is 14.0. The average Bonchev–Trinajstić information content (AvgIpc) is 3.59. The fraction of sp³-hybridized carbons (Fsp3) is 0.293. The van der Waals surface area contributed by atoms with Crippen LogP contribution in [0.2, 0.25) is 0 Å². The summed E-state index contributed by atoms with van der Waals surface area (Å²) < 4.78 is 4.91. The van der Waals surface area contributed by atoms with Gasteiger partial charge in [0.15, 0.2) is 0 Å². The molecule has 0 radical (unpaired) electrons. The number of rotatable bonds is 4. The van der Waals surface area contributed by atoms with E-state index in [-0.39, 0.29) is 35.6 Å². The van der Waals surface area contributed by atoms with Gasteiger partial charge in [0.1, 0.15) is 0 Å². The second-order valence-electron chi connectivity index (χ2n) is 14.4. The van der Waals surface area contributed by atoms with Gasteiger partial charge in [-0.25, -0.2) is 0 Å². The largest absolute Gasteiger partial charge is 1.00 e. The van der Waals surface area contributed by atoms with Crippen LogP contribution in [0.1, 0.15) is 92.5 Å². The maximum absolute atomic E-state index is 2.50. The van der Waals surface area contributed by atoms with E-state index < -0.39 is 17.4 Å². The first-order chi connectivity index (χ1) is 19.9. The van der Waals surface area contributed by atoms with Crippen molar-refractivity contribution in [3.8, 4) is 11.1 Å². The van der Waals surface area contributed by atoms with Crippen molar-refractivity contribution in [2.45, 2.75) is 79.1 Å². The van der Waals surface area contributed by atoms with Gasteiger partial charge < -0.3 is 24.8 Å². The minimum absolute atomic E-state index is 0. The number of hydrogen-bond donors (Lipinski definition) is 0. The third-order valence-electron chi connectivity index (χ3n) is 9.02. The molecule has 0 atom stereocenters. The zero-order valence-electron chi connectivity index (χ0n) is 27.4. The summed E-state index contributed by atoms with van der Waals surface area (Å²) in [7, 11) is 0. The summed E-state index contributed by atoms with van der Waals surface area (Å²) in [4.78, 5) is 0. The Kier molecular flexibility index (Phi) is 10.2. The molecule has 226 valence electrons. The molecule has 0 aliphatic heterocycles. The Morgan fingerprint density at radius 2 is 1.23 bits per heavy atom. The maximum Gasteiger partial charge on any atom is -1.00 e. The van der Waals surface area contributed by atoms with Crippen molar-refractivity contribution in [1.82, 2.24) is 0 Å². The Hall–Kier alpha value is -2.48. The Bertz CT molecular complexity index is 1720. The van der Waals surface area contributed by atoms with E-state index in [4.69, 9.17) is 0 Å². The van der Waals surface area contributed by atoms with Crippen LogP contribution in [0.5, 0.6) is 0 Å². The summed E-state index contributed by atoms with van der Waals surface area (Å²) in [6.45, 7) is 18.6. The molecule has 4 aromatic carbocycles. The van der Waals surface area contributed by atoms with Crippen molar-refractivity contribution in [2.75, 3.05) is 0 Å². The number of halogens is 2. The average molecular weight is 656 g/mol. The van der Waals surface area contributed by atoms with Crippen LogP contribution in [-0.2, 0) is 34.7 Å². The van der Waals surface area contributed by atoms with Crippen molar-refractivity contribution >= 4 is 7.68 Å². The Labute approximate surface area is 283 Å². The predicted octanol–water partition coefficient (Wildman–Crippen LogP) is 3.83. The van der Waals surface area contributed by atoms with E-state index in [1.807, 2.05) is 0 Å². The number of benzene rings is 4. The first kappa shape index (κ1) is 34.4. The molecule has 0 saturated carbocycles. The molecule has 3 heteroatoms. The van der Waals surface area contributed by atoms with Crippen LogP contribution in [0.4, 0.5) is 0 Å². The van der Waals surface area contributed by atoms with Crippen molar-refractivity contribution in [2.24, 2.45) is 0 Å². The van der Waals surface area contributed by atoms with Crippen LogP contribution in [0.3, 0.4) is 0 Å². The SMILES string of the molecule is Cc1ccc([C](c2ccc(C)cc2)=[Ti+2]([C]2=CC=CC2)[c]2c(C(C)(C)C)ccc3c2Cc2cc(C(C)(C)C)ccc2-3)cc1.[Cl-].[Cl-]. The van der Waals surface area contributed by atoms with E-state index in [1.54, 1.807) is 17.1 Å². The Morgan fingerprint density at radius 1 is 0.659 bits per heavy atom. The second kappa shape index (κ2) is 13.1. The van der Waals surface area contributed by atoms with Gasteiger partial charge in [0.25, 0.3) is 0 Å². The van der Waals surface area contributed by atoms with Crippen molar-refractivity contribution in [3.63, 3.8) is 0 Å². The van der Waals surface area contributed by atoms with Crippen molar-refractivity contribution in [3.05, 3.63) is 145 Å². The van der Waals surface area contributed by atoms with E-state index in [0.717, 1.165) is 12.8 Å². The summed E-state index contributed by atoms with van der Waals surface area (Å²) in [6.07, 6.45) is 9.22. The Morgan fingerprint density at radius 3 is 1.73 bits per heavy atom. The molecule has 44 heavy (non-hydrogen) atoms. The van der Waals surface area contributed by atoms with Crippen LogP contribution in [-0.4, -0.2) is 3.81 Å². The summed E-state index contributed by atoms with van der Waals surface area (Å²) in [6, 6.07) is 30.9. The molecule has 4 aromatic rings. The fourth-order valence-corrected chi connectivity index (χ4v) is 12.3. The Balaban J connectivity index is 0.00000221. The molecular formula is C41H44Cl2Ti. The topological polar surface area (TPSA) is 0 Å². The summed E-state index contributed by atoms with van der Waals surface area (Å²) in [5, 5.41) is 0. The molecule has 2 aliphatic carbocycles. The van der Waals surface area contributed by atoms with Crippen LogP contribution < -0.4 is 28.7 Å². The summed E-state index contributed by atoms with van der Waals surface area (Å²) in [5.74, 6) is 0. The van der Waals surface area contributed by atoms with E-state index in [0.29, 0.717) is 0 Å². The van der Waals surface area contributed by atoms with Crippen molar-refractivity contribution < 1.29 is 42.2 Å². The van der Waals surface area contributed by atoms with Gasteiger partial charge >= 0.3 is 261 Å². The molecule has 6 rings (SSSR count). The summed E-state index contributed by atoms with van der Waals surface area (Å²) in [5.41, 5.74) is 14.5. The zero-order chi connectivity index (χ0) is 29.8. The molecule has 0 heterocycles. The van der Waals surface area contributed by atoms with Crippen molar-refractivity contribution in [1.29, 1.82) is 0 Å². The zero-order valence-corrected chi connectivity index (χ0v) is 30.5. The monoisotopic (exact) mass is 654 g/mol. The second-order valence-corrected chi connectivity index (χ2v) is 18.1. The molecule has 0 nitrogen and oxygen atoms in total. The van der Waals surface area contributed by atoms with Gasteiger partial charge in [-0.1, -0.05) is 0 Å². The van der Waals surface area contributed by atoms with E-state index in [1.165, 1.54) is 50.1 Å². The molecular weight excluding hydrogens is 611 g/mol. The quantitative estimate of drug-likeness (QED) is 0.259. The maximum atomic E-state index is 2.50. The van der Waals surface area contributed by atoms with Crippen LogP contribution >= 0.6 is 0 Å². The minimum Gasteiger partial charge on any atom is -1.00 e. The number of aryl methyl sites for hydroxylation is 2. The van der Waals surface area contributed by atoms with Crippen LogP contribution in [0.15, 0.2) is 101 Å². The van der Waals surface area contributed by atoms with Gasteiger partial charge in [-0.3, -0.25) is 0 Å². The standard InChI is InChI=1S/C21H25.C15H14.C5H5.2ClH.Ti/c1-20(2,3)16-7-9-18-14(12-16)11-15-13-17(21(4,5)6)8-10-19(15)18;1-12-3-7-14(8-4-12)11-15-9-5-13(2)6-10-15;1-2-4-5-3-1;;;/h7-10,12H,11H2,1-6H3;3-10H,1-2H3;1-3H,4H2;2*1H;/q;;;;;+2/p-2. The van der Waals surface area contributed by atoms with Gasteiger partial charge in [-0.05, 0) is 0 Å². The fourth-order valence-electron chi connectivity index (χ4n) is 6.63. The van der Waals surface area contributed by atoms with Crippen LogP contribution in [0, 0.1) is 13.8 Å². The van der Waals surface area contributed by atoms with Gasteiger partial charge in [0.2, 0.25) is 0 Å². The number of allylic oxidation sites excluding steroid dienone is 4. The predicted molar refractivity (Wildman–Crippen MR) is 179 cm³/mol. The molecule has 2 aliphatic rings. The molecule has 0 amide bonds. The first-order valence-corrected chi connectivity index (χ1v) is 17.8. The van der Waals surface area contributed by atoms with E-state index >= 15 is 0 Å². The number of hydrogen-bond acceptors (Lipinski definition) is 0. The normalized spacial score (nSPS) is 13.2. The van der Waals surface area contributed by atoms with Gasteiger partial charge in [0.05, 0.1) is 0 Å². The van der Waals surface area contributed by atoms with E-state index in [2.05, 4.69) is 152 Å². The van der Waals surface area contributed by atoms with Gasteiger partial charge in [0, 0.05) is 0 Å². The number of fused-ring (bicyclic) bond motifs is 3. The molecule has 0 saturated heterocycles. The minimum atomic E-state index is -2.30. The van der Waals surface area contributed by atoms with Crippen LogP contribution in [0.25, 0.3) is 11.1 Å². The molecule has 0 N–H and O–H groups in total. The first-order valence-electron chi connectivity index (χ1n) is 15.5. The van der Waals surface area contributed by atoms with E-state index in [9.17, 15) is 0 Å². The van der Waals surface area contributed by atoms with Gasteiger partial charge in [-0.2, -0.15) is 0 Å². The molecule has 0 bridgehead atoms. The molecule has 0 aromatic heterocycles. The molecule has 0 fully saturated rings. The third kappa shape index (κ3) is 6.57.